The molecule has 0 aliphatic carbocycles. The summed E-state index contributed by atoms with van der Waals surface area (Å²) in [6.07, 6.45) is 0.881. The minimum absolute atomic E-state index is 0.0419. The number of methoxy groups -OCH3 is 1. The molecule has 1 aliphatic heterocycles. The van der Waals surface area contributed by atoms with Crippen LogP contribution in [0.3, 0.4) is 0 Å². The van der Waals surface area contributed by atoms with E-state index in [4.69, 9.17) is 14.2 Å². The third kappa shape index (κ3) is 1.94. The Morgan fingerprint density at radius 2 is 2.00 bits per heavy atom. The van der Waals surface area contributed by atoms with Crippen molar-refractivity contribution in [2.24, 2.45) is 0 Å². The van der Waals surface area contributed by atoms with Crippen molar-refractivity contribution >= 4 is 0 Å². The van der Waals surface area contributed by atoms with Crippen LogP contribution in [0.4, 0.5) is 0 Å². The summed E-state index contributed by atoms with van der Waals surface area (Å²) in [5, 5.41) is 0. The van der Waals surface area contributed by atoms with Gasteiger partial charge in [-0.2, -0.15) is 0 Å². The quantitative estimate of drug-likeness (QED) is 0.576. The van der Waals surface area contributed by atoms with Crippen LogP contribution in [0, 0.1) is 0 Å². The average Bonchev–Trinajstić information content (AvgIpc) is 2.05. The predicted octanol–water partition coefficient (Wildman–Crippen LogP) is 0.784. The molecule has 0 radical (unpaired) electrons. The van der Waals surface area contributed by atoms with Crippen molar-refractivity contribution in [2.45, 2.75) is 25.7 Å². The Morgan fingerprint density at radius 1 is 1.40 bits per heavy atom. The van der Waals surface area contributed by atoms with Crippen molar-refractivity contribution in [2.75, 3.05) is 20.3 Å². The van der Waals surface area contributed by atoms with Gasteiger partial charge in [0.25, 0.3) is 0 Å². The Balaban J connectivity index is 2.24. The number of hydrogen-bond donors (Lipinski definition) is 0. The zero-order chi connectivity index (χ0) is 7.40. The molecule has 0 aromatic carbocycles. The second kappa shape index (κ2) is 3.91. The van der Waals surface area contributed by atoms with Crippen molar-refractivity contribution in [1.82, 2.24) is 0 Å². The van der Waals surface area contributed by atoms with Gasteiger partial charge in [-0.05, 0) is 13.3 Å². The first-order chi connectivity index (χ1) is 4.84. The van der Waals surface area contributed by atoms with Crippen LogP contribution < -0.4 is 0 Å². The van der Waals surface area contributed by atoms with E-state index < -0.39 is 0 Å². The van der Waals surface area contributed by atoms with Crippen molar-refractivity contribution in [3.63, 3.8) is 0 Å². The molecule has 0 N–H and O–H groups in total. The first kappa shape index (κ1) is 7.98. The molecule has 1 atom stereocenters. The van der Waals surface area contributed by atoms with E-state index in [1.165, 1.54) is 0 Å². The van der Waals surface area contributed by atoms with Gasteiger partial charge in [0.1, 0.15) is 6.10 Å². The molecule has 0 saturated carbocycles. The summed E-state index contributed by atoms with van der Waals surface area (Å²) in [6, 6.07) is 0. The van der Waals surface area contributed by atoms with E-state index in [9.17, 15) is 0 Å². The van der Waals surface area contributed by atoms with Crippen LogP contribution in [-0.2, 0) is 14.2 Å². The average molecular weight is 146 g/mol. The fraction of sp³-hybridized carbons (Fsp3) is 1.00. The Bertz CT molecular complexity index is 88.9. The molecule has 0 amide bonds. The molecule has 1 fully saturated rings. The van der Waals surface area contributed by atoms with E-state index >= 15 is 0 Å². The smallest absolute Gasteiger partial charge is 0.183 e. The maximum absolute atomic E-state index is 5.28. The van der Waals surface area contributed by atoms with E-state index in [1.54, 1.807) is 7.11 Å². The standard InChI is InChI=1S/C7H14O3/c1-6(8-2)7-9-4-3-5-10-7/h6-7H,3-5H2,1-2H3. The van der Waals surface area contributed by atoms with Crippen LogP contribution >= 0.6 is 0 Å². The van der Waals surface area contributed by atoms with Crippen LogP contribution in [0.25, 0.3) is 0 Å². The van der Waals surface area contributed by atoms with Crippen LogP contribution in [0.2, 0.25) is 0 Å². The van der Waals surface area contributed by atoms with E-state index in [1.807, 2.05) is 6.92 Å². The Labute approximate surface area is 61.3 Å². The molecule has 0 spiro atoms. The third-order valence-electron chi connectivity index (χ3n) is 1.61. The largest absolute Gasteiger partial charge is 0.376 e. The molecule has 1 rings (SSSR count). The maximum Gasteiger partial charge on any atom is 0.183 e. The van der Waals surface area contributed by atoms with Crippen molar-refractivity contribution < 1.29 is 14.2 Å². The number of hydrogen-bond acceptors (Lipinski definition) is 3. The van der Waals surface area contributed by atoms with Gasteiger partial charge in [0.2, 0.25) is 0 Å². The molecule has 1 unspecified atom stereocenters. The lowest BCUT2D eigenvalue weighted by Crippen LogP contribution is -2.35. The molecule has 1 heterocycles. The van der Waals surface area contributed by atoms with Gasteiger partial charge in [-0.1, -0.05) is 0 Å². The second-order valence-electron chi connectivity index (χ2n) is 2.40. The molecule has 0 bridgehead atoms. The minimum atomic E-state index is -0.154. The predicted molar refractivity (Wildman–Crippen MR) is 36.8 cm³/mol. The molecule has 3 nitrogen and oxygen atoms in total. The van der Waals surface area contributed by atoms with Crippen LogP contribution in [0.5, 0.6) is 0 Å². The zero-order valence-corrected chi connectivity index (χ0v) is 6.50. The van der Waals surface area contributed by atoms with Gasteiger partial charge in [0.15, 0.2) is 6.29 Å². The van der Waals surface area contributed by atoms with E-state index in [0.29, 0.717) is 0 Å². The lowest BCUT2D eigenvalue weighted by molar-refractivity contribution is -0.223. The minimum Gasteiger partial charge on any atom is -0.376 e. The van der Waals surface area contributed by atoms with Gasteiger partial charge in [0, 0.05) is 7.11 Å². The molecule has 1 aliphatic rings. The topological polar surface area (TPSA) is 27.7 Å². The summed E-state index contributed by atoms with van der Waals surface area (Å²) in [4.78, 5) is 0. The maximum atomic E-state index is 5.28. The lowest BCUT2D eigenvalue weighted by Gasteiger charge is -2.27. The summed E-state index contributed by atoms with van der Waals surface area (Å²) >= 11 is 0. The number of ether oxygens (including phenoxy) is 3. The van der Waals surface area contributed by atoms with E-state index in [0.717, 1.165) is 19.6 Å². The molecular weight excluding hydrogens is 132 g/mol. The first-order valence-corrected chi connectivity index (χ1v) is 3.60. The van der Waals surface area contributed by atoms with Crippen molar-refractivity contribution in [3.8, 4) is 0 Å². The summed E-state index contributed by atoms with van der Waals surface area (Å²) in [5.74, 6) is 0. The number of rotatable bonds is 2. The van der Waals surface area contributed by atoms with Gasteiger partial charge in [0.05, 0.1) is 13.2 Å². The van der Waals surface area contributed by atoms with Crippen LogP contribution in [0.15, 0.2) is 0 Å². The van der Waals surface area contributed by atoms with Gasteiger partial charge in [-0.3, -0.25) is 0 Å². The fourth-order valence-corrected chi connectivity index (χ4v) is 0.888. The molecule has 0 aromatic rings. The highest BCUT2D eigenvalue weighted by Crippen LogP contribution is 2.10. The third-order valence-corrected chi connectivity index (χ3v) is 1.61. The normalized spacial score (nSPS) is 24.6. The summed E-state index contributed by atoms with van der Waals surface area (Å²) in [6.45, 7) is 3.52. The summed E-state index contributed by atoms with van der Waals surface area (Å²) in [7, 11) is 1.66. The van der Waals surface area contributed by atoms with Gasteiger partial charge in [-0.25, -0.2) is 0 Å². The highest BCUT2D eigenvalue weighted by molar-refractivity contribution is 4.58. The zero-order valence-electron chi connectivity index (χ0n) is 6.50. The molecule has 3 heteroatoms. The summed E-state index contributed by atoms with van der Waals surface area (Å²) in [5.41, 5.74) is 0. The monoisotopic (exact) mass is 146 g/mol. The van der Waals surface area contributed by atoms with Crippen molar-refractivity contribution in [3.05, 3.63) is 0 Å². The highest BCUT2D eigenvalue weighted by Gasteiger charge is 2.20. The van der Waals surface area contributed by atoms with Gasteiger partial charge >= 0.3 is 0 Å². The summed E-state index contributed by atoms with van der Waals surface area (Å²) < 4.78 is 15.6. The van der Waals surface area contributed by atoms with E-state index in [-0.39, 0.29) is 12.4 Å². The second-order valence-corrected chi connectivity index (χ2v) is 2.40. The lowest BCUT2D eigenvalue weighted by atomic mass is 10.3. The van der Waals surface area contributed by atoms with E-state index in [2.05, 4.69) is 0 Å². The first-order valence-electron chi connectivity index (χ1n) is 3.60. The SMILES string of the molecule is COC(C)C1OCCCO1. The van der Waals surface area contributed by atoms with Crippen LogP contribution in [-0.4, -0.2) is 32.7 Å². The van der Waals surface area contributed by atoms with Gasteiger partial charge < -0.3 is 14.2 Å². The van der Waals surface area contributed by atoms with Crippen molar-refractivity contribution in [1.29, 1.82) is 0 Å². The Kier molecular flexibility index (Phi) is 3.12. The Morgan fingerprint density at radius 3 is 2.50 bits per heavy atom. The Hall–Kier alpha value is -0.120. The molecule has 0 aromatic heterocycles. The molecule has 60 valence electrons. The fourth-order valence-electron chi connectivity index (χ4n) is 0.888. The molecular formula is C7H14O3. The van der Waals surface area contributed by atoms with Gasteiger partial charge in [-0.15, -0.1) is 0 Å². The highest BCUT2D eigenvalue weighted by atomic mass is 16.7. The van der Waals surface area contributed by atoms with Crippen LogP contribution in [0.1, 0.15) is 13.3 Å². The molecule has 10 heavy (non-hydrogen) atoms. The molecule has 1 saturated heterocycles.